The van der Waals surface area contributed by atoms with Crippen LogP contribution >= 0.6 is 7.37 Å². The van der Waals surface area contributed by atoms with Gasteiger partial charge in [0.2, 0.25) is 35.1 Å². The number of sulfonamides is 1. The third-order valence-corrected chi connectivity index (χ3v) is 11.5. The van der Waals surface area contributed by atoms with Gasteiger partial charge in [-0.25, -0.2) is 8.42 Å². The highest BCUT2D eigenvalue weighted by atomic mass is 32.2. The molecule has 12 nitrogen and oxygen atoms in total. The van der Waals surface area contributed by atoms with Gasteiger partial charge in [0.05, 0.1) is 5.52 Å². The van der Waals surface area contributed by atoms with Crippen molar-refractivity contribution in [2.24, 2.45) is 11.7 Å². The Hall–Kier alpha value is -4.68. The Balaban J connectivity index is 1.52. The molecular formula is C36H42N5O7PS. The fraction of sp³-hybridized carbons (Fsp3) is 0.278. The average molecular weight is 720 g/mol. The molecule has 4 atom stereocenters. The first-order valence-corrected chi connectivity index (χ1v) is 19.5. The number of pyridine rings is 1. The summed E-state index contributed by atoms with van der Waals surface area (Å²) in [5.41, 5.74) is 7.19. The third-order valence-electron chi connectivity index (χ3n) is 7.81. The summed E-state index contributed by atoms with van der Waals surface area (Å²) in [7, 11) is -9.06. The van der Waals surface area contributed by atoms with Gasteiger partial charge in [-0.1, -0.05) is 105 Å². The molecule has 14 heteroatoms. The van der Waals surface area contributed by atoms with Crippen LogP contribution in [0.5, 0.6) is 0 Å². The number of aromatic nitrogens is 1. The fourth-order valence-electron chi connectivity index (χ4n) is 5.32. The Morgan fingerprint density at radius 3 is 2.22 bits per heavy atom. The number of nitrogens with two attached hydrogens (primary N) is 1. The van der Waals surface area contributed by atoms with E-state index in [4.69, 9.17) is 5.73 Å². The zero-order chi connectivity index (χ0) is 36.3. The molecule has 3 amide bonds. The van der Waals surface area contributed by atoms with Crippen molar-refractivity contribution in [1.82, 2.24) is 20.3 Å². The molecule has 50 heavy (non-hydrogen) atoms. The number of primary amides is 1. The number of hydrogen-bond acceptors (Lipinski definition) is 7. The van der Waals surface area contributed by atoms with E-state index >= 15 is 0 Å². The van der Waals surface area contributed by atoms with Crippen molar-refractivity contribution in [3.8, 4) is 0 Å². The molecule has 1 aromatic heterocycles. The maximum absolute atomic E-state index is 14.0. The molecule has 2 unspecified atom stereocenters. The Kier molecular flexibility index (Phi) is 13.2. The zero-order valence-electron chi connectivity index (χ0n) is 27.8. The van der Waals surface area contributed by atoms with Crippen LogP contribution in [0.1, 0.15) is 37.8 Å². The van der Waals surface area contributed by atoms with Crippen LogP contribution in [0.15, 0.2) is 108 Å². The first-order valence-electron chi connectivity index (χ1n) is 16.1. The van der Waals surface area contributed by atoms with E-state index in [0.717, 1.165) is 5.56 Å². The smallest absolute Gasteiger partial charge is 0.243 e. The number of carbonyl (C=O) groups excluding carboxylic acids is 3. The van der Waals surface area contributed by atoms with E-state index < -0.39 is 59.1 Å². The maximum Gasteiger partial charge on any atom is 0.243 e. The summed E-state index contributed by atoms with van der Waals surface area (Å²) < 4.78 is 43.7. The zero-order valence-corrected chi connectivity index (χ0v) is 29.5. The van der Waals surface area contributed by atoms with Crippen LogP contribution in [0.3, 0.4) is 0 Å². The monoisotopic (exact) mass is 719 g/mol. The first-order chi connectivity index (χ1) is 23.7. The van der Waals surface area contributed by atoms with Crippen molar-refractivity contribution < 1.29 is 32.3 Å². The molecule has 1 heterocycles. The topological polar surface area (TPSA) is 198 Å². The van der Waals surface area contributed by atoms with Crippen molar-refractivity contribution >= 4 is 52.1 Å². The lowest BCUT2D eigenvalue weighted by atomic mass is 10.0. The van der Waals surface area contributed by atoms with Crippen molar-refractivity contribution in [1.29, 1.82) is 0 Å². The van der Waals surface area contributed by atoms with Gasteiger partial charge in [-0.2, -0.15) is 4.72 Å². The predicted octanol–water partition coefficient (Wildman–Crippen LogP) is 3.96. The minimum absolute atomic E-state index is 0.0936. The number of rotatable bonds is 17. The van der Waals surface area contributed by atoms with E-state index in [1.54, 1.807) is 66.7 Å². The van der Waals surface area contributed by atoms with Gasteiger partial charge >= 0.3 is 0 Å². The van der Waals surface area contributed by atoms with Gasteiger partial charge in [-0.05, 0) is 48.4 Å². The summed E-state index contributed by atoms with van der Waals surface area (Å²) in [5.74, 6) is -4.11. The van der Waals surface area contributed by atoms with E-state index in [0.29, 0.717) is 10.9 Å². The number of benzene rings is 3. The molecule has 6 N–H and O–H groups in total. The summed E-state index contributed by atoms with van der Waals surface area (Å²) in [6.45, 7) is 3.65. The Morgan fingerprint density at radius 1 is 0.900 bits per heavy atom. The second kappa shape index (κ2) is 17.3. The van der Waals surface area contributed by atoms with Crippen LogP contribution in [0.2, 0.25) is 0 Å². The van der Waals surface area contributed by atoms with Crippen LogP contribution in [-0.2, 0) is 35.4 Å². The molecule has 0 spiro atoms. The summed E-state index contributed by atoms with van der Waals surface area (Å²) in [6, 6.07) is 23.5. The van der Waals surface area contributed by atoms with Crippen LogP contribution in [0, 0.1) is 5.92 Å². The summed E-state index contributed by atoms with van der Waals surface area (Å²) in [6.07, 6.45) is 3.98. The van der Waals surface area contributed by atoms with Crippen molar-refractivity contribution in [2.75, 3.05) is 6.16 Å². The molecule has 4 aromatic rings. The summed E-state index contributed by atoms with van der Waals surface area (Å²) in [5, 5.41) is 5.67. The normalized spacial score (nSPS) is 14.9. The van der Waals surface area contributed by atoms with Crippen LogP contribution < -0.4 is 21.1 Å². The highest BCUT2D eigenvalue weighted by molar-refractivity contribution is 7.90. The minimum atomic E-state index is -4.65. The second-order valence-electron chi connectivity index (χ2n) is 12.3. The molecule has 0 saturated carbocycles. The largest absolute Gasteiger partial charge is 0.368 e. The molecule has 0 fully saturated rings. The third kappa shape index (κ3) is 10.9. The number of amides is 3. The molecular weight excluding hydrogens is 677 g/mol. The number of nitrogens with one attached hydrogen (secondary N) is 3. The summed E-state index contributed by atoms with van der Waals surface area (Å²) >= 11 is 0. The maximum atomic E-state index is 14.0. The predicted molar refractivity (Wildman–Crippen MR) is 193 cm³/mol. The molecule has 0 bridgehead atoms. The van der Waals surface area contributed by atoms with E-state index in [-0.39, 0.29) is 35.6 Å². The standard InChI is InChI=1S/C36H42N5O7PS/c1-25(2)22-30(36(44)40-29(35(37)43)19-9-16-26-12-5-3-6-13-26)39-32(42)24-49(45,46)33(23-27-14-7-4-8-15-27)41-50(47,48)31-20-10-17-28-18-11-21-38-34(28)31/h3-18,20-21,25,29-30,33,41H,19,22-24H2,1-2H3,(H2,37,43)(H,39,42)(H,40,44)(H,45,46)/b16-9+/t29-,30-,33?/m0/s1. The number of para-hydroxylation sites is 1. The Labute approximate surface area is 292 Å². The molecule has 0 saturated heterocycles. The van der Waals surface area contributed by atoms with Crippen LogP contribution in [-0.4, -0.2) is 60.0 Å². The van der Waals surface area contributed by atoms with Crippen LogP contribution in [0.4, 0.5) is 0 Å². The molecule has 0 aliphatic rings. The van der Waals surface area contributed by atoms with Gasteiger partial charge in [0, 0.05) is 11.6 Å². The molecule has 0 radical (unpaired) electrons. The first kappa shape index (κ1) is 38.1. The van der Waals surface area contributed by atoms with E-state index in [1.807, 2.05) is 44.2 Å². The van der Waals surface area contributed by atoms with Gasteiger partial charge in [0.25, 0.3) is 0 Å². The quantitative estimate of drug-likeness (QED) is 0.101. The molecule has 264 valence electrons. The molecule has 0 aliphatic heterocycles. The van der Waals surface area contributed by atoms with Crippen molar-refractivity contribution in [3.63, 3.8) is 0 Å². The van der Waals surface area contributed by atoms with Gasteiger partial charge in [0.15, 0.2) is 0 Å². The lowest BCUT2D eigenvalue weighted by Crippen LogP contribution is -2.53. The molecule has 4 rings (SSSR count). The van der Waals surface area contributed by atoms with Crippen LogP contribution in [0.25, 0.3) is 17.0 Å². The molecule has 3 aromatic carbocycles. The van der Waals surface area contributed by atoms with Gasteiger partial charge in [-0.15, -0.1) is 0 Å². The number of carbonyl (C=O) groups is 3. The average Bonchev–Trinajstić information content (AvgIpc) is 3.07. The van der Waals surface area contributed by atoms with E-state index in [1.165, 1.54) is 12.3 Å². The summed E-state index contributed by atoms with van der Waals surface area (Å²) in [4.78, 5) is 54.3. The highest BCUT2D eigenvalue weighted by Gasteiger charge is 2.38. The van der Waals surface area contributed by atoms with Crippen molar-refractivity contribution in [2.45, 2.75) is 55.9 Å². The molecule has 0 aliphatic carbocycles. The lowest BCUT2D eigenvalue weighted by Gasteiger charge is -2.26. The van der Waals surface area contributed by atoms with Gasteiger partial charge in [0.1, 0.15) is 28.9 Å². The lowest BCUT2D eigenvalue weighted by molar-refractivity contribution is -0.131. The Bertz CT molecular complexity index is 1970. The second-order valence-corrected chi connectivity index (χ2v) is 16.5. The fourth-order valence-corrected chi connectivity index (χ4v) is 8.87. The number of nitrogens with zero attached hydrogens (tertiary/aromatic N) is 1. The highest BCUT2D eigenvalue weighted by Crippen LogP contribution is 2.46. The van der Waals surface area contributed by atoms with E-state index in [2.05, 4.69) is 20.3 Å². The Morgan fingerprint density at radius 2 is 1.56 bits per heavy atom. The van der Waals surface area contributed by atoms with Gasteiger partial charge in [-0.3, -0.25) is 23.9 Å². The van der Waals surface area contributed by atoms with Crippen molar-refractivity contribution in [3.05, 3.63) is 114 Å². The SMILES string of the molecule is CC(C)C[C@H](NC(=O)CP(=O)(O)C(Cc1ccccc1)NS(=O)(=O)c1cccc2cccnc12)C(=O)N[C@@H](C/C=C/c1ccccc1)C(N)=O. The number of hydrogen-bond donors (Lipinski definition) is 5. The minimum Gasteiger partial charge on any atom is -0.368 e. The van der Waals surface area contributed by atoms with Gasteiger partial charge < -0.3 is 21.3 Å². The van der Waals surface area contributed by atoms with E-state index in [9.17, 15) is 32.3 Å². The number of fused-ring (bicyclic) bond motifs is 1.